The number of carbonyl (C=O) groups is 2. The van der Waals surface area contributed by atoms with Crippen LogP contribution >= 0.6 is 0 Å². The molecule has 0 saturated carbocycles. The third-order valence-corrected chi connectivity index (χ3v) is 5.20. The highest BCUT2D eigenvalue weighted by atomic mass is 16.5. The molecule has 1 heterocycles. The Morgan fingerprint density at radius 1 is 0.969 bits per heavy atom. The average molecular weight is 431 g/mol. The summed E-state index contributed by atoms with van der Waals surface area (Å²) >= 11 is 0. The monoisotopic (exact) mass is 431 g/mol. The lowest BCUT2D eigenvalue weighted by molar-refractivity contribution is -0.117. The van der Waals surface area contributed by atoms with Crippen molar-refractivity contribution in [1.29, 1.82) is 0 Å². The predicted molar refractivity (Wildman–Crippen MR) is 119 cm³/mol. The van der Waals surface area contributed by atoms with Crippen LogP contribution in [0.4, 0.5) is 0 Å². The fraction of sp³-hybridized carbons (Fsp3) is 0.125. The van der Waals surface area contributed by atoms with Gasteiger partial charge in [0.25, 0.3) is 0 Å². The molecule has 4 aromatic rings. The Hall–Kier alpha value is -4.33. The molecule has 3 aromatic carbocycles. The number of nitrogens with zero attached hydrogens (tertiary/aromatic N) is 2. The van der Waals surface area contributed by atoms with Gasteiger partial charge in [0, 0.05) is 5.39 Å². The summed E-state index contributed by atoms with van der Waals surface area (Å²) in [6.45, 7) is 0. The minimum absolute atomic E-state index is 0.0907. The number of carboxylic acid groups (broad SMARTS) is 1. The highest BCUT2D eigenvalue weighted by Crippen LogP contribution is 2.40. The number of benzene rings is 3. The highest BCUT2D eigenvalue weighted by Gasteiger charge is 2.23. The van der Waals surface area contributed by atoms with Gasteiger partial charge in [-0.05, 0) is 35.2 Å². The highest BCUT2D eigenvalue weighted by molar-refractivity contribution is 5.96. The molecule has 0 bridgehead atoms. The second-order valence-corrected chi connectivity index (χ2v) is 7.10. The molecule has 32 heavy (non-hydrogen) atoms. The Balaban J connectivity index is 2.05. The Labute approximate surface area is 183 Å². The number of carboxylic acids is 1. The van der Waals surface area contributed by atoms with Crippen molar-refractivity contribution in [3.05, 3.63) is 71.9 Å². The first-order chi connectivity index (χ1) is 15.4. The molecule has 3 N–H and O–H groups in total. The SMILES string of the molecule is COc1cccc(OC)c1-c1cc(C(=O)O)nn1-c1ccc(CC(N)=O)c2ccccc12. The zero-order valence-corrected chi connectivity index (χ0v) is 17.5. The van der Waals surface area contributed by atoms with Crippen molar-refractivity contribution >= 4 is 22.6 Å². The number of methoxy groups -OCH3 is 2. The van der Waals surface area contributed by atoms with Crippen LogP contribution < -0.4 is 15.2 Å². The van der Waals surface area contributed by atoms with Gasteiger partial charge in [-0.2, -0.15) is 5.10 Å². The van der Waals surface area contributed by atoms with Crippen molar-refractivity contribution in [2.24, 2.45) is 5.73 Å². The maximum atomic E-state index is 11.8. The van der Waals surface area contributed by atoms with Crippen molar-refractivity contribution in [3.63, 3.8) is 0 Å². The molecule has 8 heteroatoms. The molecule has 1 aromatic heterocycles. The molecule has 0 unspecified atom stereocenters. The number of hydrogen-bond acceptors (Lipinski definition) is 5. The van der Waals surface area contributed by atoms with E-state index < -0.39 is 11.9 Å². The molecule has 0 aliphatic heterocycles. The van der Waals surface area contributed by atoms with Gasteiger partial charge >= 0.3 is 5.97 Å². The second kappa shape index (κ2) is 8.43. The van der Waals surface area contributed by atoms with Crippen LogP contribution in [0.25, 0.3) is 27.7 Å². The standard InChI is InChI=1S/C24H21N3O5/c1-31-20-8-5-9-21(32-2)23(20)19-13-17(24(29)30)26-27(19)18-11-10-14(12-22(25)28)15-6-3-4-7-16(15)18/h3-11,13H,12H2,1-2H3,(H2,25,28)(H,29,30). The van der Waals surface area contributed by atoms with Gasteiger partial charge in [0.2, 0.25) is 5.91 Å². The lowest BCUT2D eigenvalue weighted by Gasteiger charge is -2.16. The van der Waals surface area contributed by atoms with Gasteiger partial charge in [-0.1, -0.05) is 36.4 Å². The van der Waals surface area contributed by atoms with E-state index >= 15 is 0 Å². The van der Waals surface area contributed by atoms with Crippen LogP contribution in [0.1, 0.15) is 16.1 Å². The van der Waals surface area contributed by atoms with Crippen LogP contribution in [0.15, 0.2) is 60.7 Å². The third kappa shape index (κ3) is 3.62. The molecule has 0 radical (unpaired) electrons. The van der Waals surface area contributed by atoms with Crippen LogP contribution in [-0.4, -0.2) is 41.0 Å². The van der Waals surface area contributed by atoms with E-state index in [4.69, 9.17) is 15.2 Å². The summed E-state index contributed by atoms with van der Waals surface area (Å²) in [6.07, 6.45) is 0.0907. The molecule has 162 valence electrons. The topological polar surface area (TPSA) is 117 Å². The smallest absolute Gasteiger partial charge is 0.356 e. The number of aromatic carboxylic acids is 1. The number of hydrogen-bond donors (Lipinski definition) is 2. The quantitative estimate of drug-likeness (QED) is 0.463. The van der Waals surface area contributed by atoms with Gasteiger partial charge in [-0.15, -0.1) is 0 Å². The lowest BCUT2D eigenvalue weighted by Crippen LogP contribution is -2.14. The molecule has 0 fully saturated rings. The number of aromatic nitrogens is 2. The summed E-state index contributed by atoms with van der Waals surface area (Å²) in [4.78, 5) is 23.3. The molecule has 0 atom stereocenters. The fourth-order valence-electron chi connectivity index (χ4n) is 3.82. The van der Waals surface area contributed by atoms with Crippen LogP contribution in [0, 0.1) is 0 Å². The predicted octanol–water partition coefficient (Wildman–Crippen LogP) is 3.44. The minimum atomic E-state index is -1.16. The van der Waals surface area contributed by atoms with Crippen LogP contribution in [0.5, 0.6) is 11.5 Å². The molecule has 0 saturated heterocycles. The van der Waals surface area contributed by atoms with E-state index in [2.05, 4.69) is 5.10 Å². The Bertz CT molecular complexity index is 1320. The number of ether oxygens (including phenoxy) is 2. The fourth-order valence-corrected chi connectivity index (χ4v) is 3.82. The summed E-state index contributed by atoms with van der Waals surface area (Å²) in [7, 11) is 3.07. The largest absolute Gasteiger partial charge is 0.496 e. The van der Waals surface area contributed by atoms with Crippen molar-refractivity contribution in [3.8, 4) is 28.4 Å². The number of primary amides is 1. The van der Waals surface area contributed by atoms with Gasteiger partial charge in [0.05, 0.1) is 37.6 Å². The van der Waals surface area contributed by atoms with Crippen LogP contribution in [0.3, 0.4) is 0 Å². The second-order valence-electron chi connectivity index (χ2n) is 7.10. The number of nitrogens with two attached hydrogens (primary N) is 1. The van der Waals surface area contributed by atoms with E-state index in [0.717, 1.165) is 16.3 Å². The molecule has 0 aliphatic rings. The number of carbonyl (C=O) groups excluding carboxylic acids is 1. The van der Waals surface area contributed by atoms with Crippen LogP contribution in [-0.2, 0) is 11.2 Å². The summed E-state index contributed by atoms with van der Waals surface area (Å²) in [5, 5.41) is 15.6. The maximum Gasteiger partial charge on any atom is 0.356 e. The van der Waals surface area contributed by atoms with Gasteiger partial charge in [-0.3, -0.25) is 4.79 Å². The molecule has 1 amide bonds. The Morgan fingerprint density at radius 3 is 2.22 bits per heavy atom. The van der Waals surface area contributed by atoms with E-state index in [-0.39, 0.29) is 12.1 Å². The molecular weight excluding hydrogens is 410 g/mol. The Morgan fingerprint density at radius 2 is 1.62 bits per heavy atom. The number of fused-ring (bicyclic) bond motifs is 1. The van der Waals surface area contributed by atoms with E-state index in [1.165, 1.54) is 20.3 Å². The third-order valence-electron chi connectivity index (χ3n) is 5.20. The normalized spacial score (nSPS) is 10.8. The number of rotatable bonds is 7. The van der Waals surface area contributed by atoms with Gasteiger partial charge < -0.3 is 20.3 Å². The number of amides is 1. The van der Waals surface area contributed by atoms with E-state index in [0.29, 0.717) is 28.4 Å². The first-order valence-corrected chi connectivity index (χ1v) is 9.78. The van der Waals surface area contributed by atoms with Crippen molar-refractivity contribution < 1.29 is 24.2 Å². The summed E-state index contributed by atoms with van der Waals surface area (Å²) in [6, 6.07) is 17.9. The Kier molecular flexibility index (Phi) is 5.51. The summed E-state index contributed by atoms with van der Waals surface area (Å²) in [5.41, 5.74) is 7.77. The van der Waals surface area contributed by atoms with Crippen LogP contribution in [0.2, 0.25) is 0 Å². The molecular formula is C24H21N3O5. The minimum Gasteiger partial charge on any atom is -0.496 e. The van der Waals surface area contributed by atoms with E-state index in [9.17, 15) is 14.7 Å². The van der Waals surface area contributed by atoms with Crippen molar-refractivity contribution in [2.75, 3.05) is 14.2 Å². The van der Waals surface area contributed by atoms with E-state index in [1.54, 1.807) is 35.0 Å². The van der Waals surface area contributed by atoms with Crippen molar-refractivity contribution in [1.82, 2.24) is 9.78 Å². The maximum absolute atomic E-state index is 11.8. The molecule has 4 rings (SSSR count). The summed E-state index contributed by atoms with van der Waals surface area (Å²) < 4.78 is 12.6. The molecule has 0 aliphatic carbocycles. The zero-order chi connectivity index (χ0) is 22.8. The van der Waals surface area contributed by atoms with E-state index in [1.807, 2.05) is 24.3 Å². The first-order valence-electron chi connectivity index (χ1n) is 9.78. The average Bonchev–Trinajstić information content (AvgIpc) is 3.23. The van der Waals surface area contributed by atoms with Gasteiger partial charge in [0.1, 0.15) is 11.5 Å². The van der Waals surface area contributed by atoms with Gasteiger partial charge in [-0.25, -0.2) is 9.48 Å². The summed E-state index contributed by atoms with van der Waals surface area (Å²) in [5.74, 6) is -0.572. The molecule has 0 spiro atoms. The first kappa shape index (κ1) is 20.9. The lowest BCUT2D eigenvalue weighted by atomic mass is 10.00. The van der Waals surface area contributed by atoms with Crippen molar-refractivity contribution in [2.45, 2.75) is 6.42 Å². The van der Waals surface area contributed by atoms with Gasteiger partial charge in [0.15, 0.2) is 5.69 Å². The molecule has 8 nitrogen and oxygen atoms in total. The zero-order valence-electron chi connectivity index (χ0n) is 17.5.